The fourth-order valence-corrected chi connectivity index (χ4v) is 15.9. The van der Waals surface area contributed by atoms with Gasteiger partial charge in [-0.3, -0.25) is 14.4 Å². The van der Waals surface area contributed by atoms with Crippen LogP contribution in [0, 0.1) is 34.0 Å². The number of ketones is 2. The highest BCUT2D eigenvalue weighted by Gasteiger charge is 2.76. The maximum Gasteiger partial charge on any atom is 0.375 e. The zero-order valence-electron chi connectivity index (χ0n) is 43.6. The smallest absolute Gasteiger partial charge is 0.375 e. The second-order valence-corrected chi connectivity index (χ2v) is 25.3. The van der Waals surface area contributed by atoms with Gasteiger partial charge >= 0.3 is 11.9 Å². The van der Waals surface area contributed by atoms with E-state index in [2.05, 4.69) is 42.5 Å². The molecule has 76 heavy (non-hydrogen) atoms. The Morgan fingerprint density at radius 1 is 0.987 bits per heavy atom. The number of alkyl halides is 2. The van der Waals surface area contributed by atoms with Gasteiger partial charge < -0.3 is 24.5 Å². The fourth-order valence-electron chi connectivity index (χ4n) is 13.4. The van der Waals surface area contributed by atoms with Crippen molar-refractivity contribution in [1.29, 1.82) is 0 Å². The van der Waals surface area contributed by atoms with Gasteiger partial charge in [0, 0.05) is 38.2 Å². The fraction of sp³-hybridized carbons (Fsp3) is 0.435. The molecule has 5 aliphatic rings. The van der Waals surface area contributed by atoms with Gasteiger partial charge in [0.1, 0.15) is 0 Å². The summed E-state index contributed by atoms with van der Waals surface area (Å²) in [6, 6.07) is 29.5. The number of ether oxygens (including phenoxy) is 1. The molecule has 3 N–H and O–H groups in total. The second-order valence-electron chi connectivity index (χ2n) is 22.8. The number of aryl methyl sites for hydroxylation is 1. The summed E-state index contributed by atoms with van der Waals surface area (Å²) in [5.74, 6) is -2.00. The van der Waals surface area contributed by atoms with E-state index in [1.54, 1.807) is 12.1 Å². The zero-order chi connectivity index (χ0) is 54.4. The first-order valence-corrected chi connectivity index (χ1v) is 28.6. The van der Waals surface area contributed by atoms with Gasteiger partial charge in [0.2, 0.25) is 5.76 Å². The topological polar surface area (TPSA) is 164 Å². The molecular formula is C62H66Cl3NO9S. The largest absolute Gasteiger partial charge is 0.481 e. The first-order valence-electron chi connectivity index (χ1n) is 26.2. The summed E-state index contributed by atoms with van der Waals surface area (Å²) in [5, 5.41) is 33.9. The molecule has 10 rings (SSSR count). The molecule has 4 saturated carbocycles. The summed E-state index contributed by atoms with van der Waals surface area (Å²) in [7, 11) is 0. The molecule has 14 heteroatoms. The van der Waals surface area contributed by atoms with Gasteiger partial charge in [-0.2, -0.15) is 11.8 Å². The van der Waals surface area contributed by atoms with Crippen molar-refractivity contribution in [2.75, 3.05) is 11.6 Å². The third-order valence-corrected chi connectivity index (χ3v) is 20.6. The first-order chi connectivity index (χ1) is 36.1. The lowest BCUT2D eigenvalue weighted by molar-refractivity contribution is -0.177. The summed E-state index contributed by atoms with van der Waals surface area (Å²) >= 11 is 21.6. The number of thioether (sulfide) groups is 1. The number of halogens is 3. The Morgan fingerprint density at radius 2 is 1.75 bits per heavy atom. The number of hydrogen-bond donors (Lipinski definition) is 3. The Bertz CT molecular complexity index is 3120. The highest BCUT2D eigenvalue weighted by Crippen LogP contribution is 2.72. The Labute approximate surface area is 464 Å². The number of benzene rings is 3. The lowest BCUT2D eigenvalue weighted by Crippen LogP contribution is -2.69. The quantitative estimate of drug-likeness (QED) is 0.0636. The molecule has 400 valence electrons. The highest BCUT2D eigenvalue weighted by atomic mass is 35.5. The number of aromatic nitrogens is 1. The number of aliphatic carboxylic acids is 1. The standard InChI is InChI=1S/C35H36ClNO3S.C27H30Cl2O6/c1-34(2,40)30-9-4-3-7-25(30)13-17-32(41-23-35(18-19-35)22-33(38)39)27-8-5-6-24(20-27)10-15-29-16-12-26-11-14-28(36)21-31(26)37-29;1-15-11-19-18-7-6-16-12-17(30)8-9-24(16,2)26(18,29)21(31)13-25(19,3)27(15,22(32)14-28)35-23(33)20-5-4-10-34-20/h3-12,14-16,20-21,32,40H,13,17-19,22-23H2,1-2H3,(H,38,39);4-5,8-10,12,15,18-19,21,31H,6-7,11,13-14H2,1-3H3/b15-10+;/t32-;15-,18+,19+,21+,24+,25+,26+,27+/m11/s1. The molecule has 0 unspecified atom stereocenters. The number of aliphatic hydroxyl groups is 2. The molecule has 0 spiro atoms. The predicted octanol–water partition coefficient (Wildman–Crippen LogP) is 13.8. The number of Topliss-reactive ketones (excluding diaryl/α,β-unsaturated/α-hetero) is 1. The average Bonchev–Trinajstić information content (AvgIpc) is 4.00. The number of rotatable bonds is 16. The van der Waals surface area contributed by atoms with E-state index < -0.39 is 44.9 Å². The summed E-state index contributed by atoms with van der Waals surface area (Å²) in [6.07, 6.45) is 15.5. The average molecular weight is 1110 g/mol. The van der Waals surface area contributed by atoms with E-state index >= 15 is 0 Å². The van der Waals surface area contributed by atoms with E-state index in [4.69, 9.17) is 48.9 Å². The monoisotopic (exact) mass is 1110 g/mol. The summed E-state index contributed by atoms with van der Waals surface area (Å²) in [6.45, 7) is 9.47. The number of aliphatic hydroxyl groups excluding tert-OH is 1. The Hall–Kier alpha value is -5.01. The van der Waals surface area contributed by atoms with Crippen molar-refractivity contribution in [1.82, 2.24) is 4.98 Å². The van der Waals surface area contributed by atoms with E-state index in [1.807, 2.05) is 101 Å². The molecule has 0 amide bonds. The van der Waals surface area contributed by atoms with Crippen LogP contribution in [0.15, 0.2) is 125 Å². The molecule has 0 saturated heterocycles. The second kappa shape index (κ2) is 21.7. The number of carboxylic acid groups (broad SMARTS) is 1. The predicted molar refractivity (Wildman–Crippen MR) is 301 cm³/mol. The summed E-state index contributed by atoms with van der Waals surface area (Å²) < 4.78 is 11.3. The number of carbonyl (C=O) groups is 4. The maximum absolute atomic E-state index is 13.6. The first kappa shape index (κ1) is 55.7. The van der Waals surface area contributed by atoms with E-state index in [-0.39, 0.29) is 64.5 Å². The molecule has 0 radical (unpaired) electrons. The molecule has 0 aliphatic heterocycles. The van der Waals surface area contributed by atoms with Crippen LogP contribution < -0.4 is 0 Å². The molecular weight excluding hydrogens is 1040 g/mol. The zero-order valence-corrected chi connectivity index (χ0v) is 46.7. The molecule has 5 aromatic rings. The van der Waals surface area contributed by atoms with Crippen molar-refractivity contribution in [2.24, 2.45) is 34.0 Å². The third kappa shape index (κ3) is 10.5. The van der Waals surface area contributed by atoms with Crippen LogP contribution in [0.1, 0.15) is 130 Å². The number of fused-ring (bicyclic) bond motifs is 6. The minimum Gasteiger partial charge on any atom is -0.481 e. The molecule has 10 nitrogen and oxygen atoms in total. The molecule has 2 heterocycles. The van der Waals surface area contributed by atoms with E-state index in [1.165, 1.54) is 24.0 Å². The van der Waals surface area contributed by atoms with Crippen LogP contribution in [0.3, 0.4) is 0 Å². The minimum atomic E-state index is -1.53. The van der Waals surface area contributed by atoms with Crippen LogP contribution in [-0.4, -0.2) is 72.0 Å². The van der Waals surface area contributed by atoms with Gasteiger partial charge in [-0.25, -0.2) is 9.78 Å². The van der Waals surface area contributed by atoms with E-state index in [9.17, 15) is 34.5 Å². The molecule has 2 aromatic heterocycles. The van der Waals surface area contributed by atoms with Crippen LogP contribution in [0.5, 0.6) is 0 Å². The van der Waals surface area contributed by atoms with Gasteiger partial charge in [-0.05, 0) is 153 Å². The maximum atomic E-state index is 13.6. The number of hydrogen-bond acceptors (Lipinski definition) is 10. The van der Waals surface area contributed by atoms with Crippen molar-refractivity contribution >= 4 is 93.1 Å². The van der Waals surface area contributed by atoms with Crippen LogP contribution in [0.2, 0.25) is 5.02 Å². The minimum absolute atomic E-state index is 0.00557. The van der Waals surface area contributed by atoms with Crippen molar-refractivity contribution in [3.05, 3.63) is 160 Å². The number of pyridine rings is 1. The van der Waals surface area contributed by atoms with Crippen molar-refractivity contribution in [3.8, 4) is 0 Å². The van der Waals surface area contributed by atoms with Gasteiger partial charge in [0.15, 0.2) is 17.2 Å². The van der Waals surface area contributed by atoms with Gasteiger partial charge in [0.05, 0.1) is 46.4 Å². The number of carbonyl (C=O) groups excluding carboxylic acids is 3. The van der Waals surface area contributed by atoms with Crippen molar-refractivity contribution in [2.45, 2.75) is 120 Å². The molecule has 5 aliphatic carbocycles. The normalized spacial score (nSPS) is 28.6. The van der Waals surface area contributed by atoms with E-state index in [0.717, 1.165) is 70.3 Å². The SMILES string of the molecule is CC(C)(O)c1ccccc1CC[C@@H](SCC1(CC(=O)O)CC1)c1cccc(/C=C/c2ccc3ccc(Cl)cc3n2)c1.C[C@@H]1C[C@H]2[C@@H]3CCC4=CC(=O)C=C[C@]4(C)[C@@]3(Cl)[C@@H](O)C[C@]2(C)[C@@]1(OC(=O)c1ccco1)C(=O)CCl. The lowest BCUT2D eigenvalue weighted by Gasteiger charge is -2.64. The lowest BCUT2D eigenvalue weighted by atomic mass is 9.45. The van der Waals surface area contributed by atoms with Crippen LogP contribution in [0.4, 0.5) is 0 Å². The van der Waals surface area contributed by atoms with Crippen LogP contribution in [0.25, 0.3) is 23.1 Å². The molecule has 4 fully saturated rings. The third-order valence-electron chi connectivity index (χ3n) is 17.5. The highest BCUT2D eigenvalue weighted by molar-refractivity contribution is 7.99. The molecule has 9 atom stereocenters. The Balaban J connectivity index is 0.000000188. The van der Waals surface area contributed by atoms with Gasteiger partial charge in [0.25, 0.3) is 0 Å². The van der Waals surface area contributed by atoms with E-state index in [0.29, 0.717) is 24.3 Å². The number of nitrogens with zero attached hydrogens (tertiary/aromatic N) is 1. The van der Waals surface area contributed by atoms with Crippen LogP contribution in [-0.2, 0) is 31.1 Å². The number of furan rings is 1. The molecule has 0 bridgehead atoms. The Kier molecular flexibility index (Phi) is 15.9. The van der Waals surface area contributed by atoms with Crippen LogP contribution >= 0.6 is 46.6 Å². The molecule has 3 aromatic carbocycles. The van der Waals surface area contributed by atoms with Crippen molar-refractivity contribution < 1.29 is 43.7 Å². The summed E-state index contributed by atoms with van der Waals surface area (Å²) in [4.78, 5) is 53.9. The summed E-state index contributed by atoms with van der Waals surface area (Å²) in [5.41, 5.74) is 2.95. The van der Waals surface area contributed by atoms with Gasteiger partial charge in [-0.15, -0.1) is 23.2 Å². The Morgan fingerprint density at radius 3 is 2.46 bits per heavy atom. The van der Waals surface area contributed by atoms with Crippen molar-refractivity contribution in [3.63, 3.8) is 0 Å². The van der Waals surface area contributed by atoms with Gasteiger partial charge in [-0.1, -0.05) is 111 Å². The number of carboxylic acids is 1. The number of esters is 1. The number of allylic oxidation sites excluding steroid dienone is 4.